The molecule has 1 aliphatic heterocycles. The summed E-state index contributed by atoms with van der Waals surface area (Å²) in [5.41, 5.74) is 0. The van der Waals surface area contributed by atoms with Crippen molar-refractivity contribution in [3.05, 3.63) is 0 Å². The maximum atomic E-state index is 11.9. The van der Waals surface area contributed by atoms with Gasteiger partial charge in [-0.25, -0.2) is 0 Å². The van der Waals surface area contributed by atoms with Crippen molar-refractivity contribution in [1.29, 1.82) is 0 Å². The monoisotopic (exact) mass is 428 g/mol. The third kappa shape index (κ3) is 6.97. The van der Waals surface area contributed by atoms with Gasteiger partial charge in [-0.05, 0) is 0 Å². The summed E-state index contributed by atoms with van der Waals surface area (Å²) in [4.78, 5) is 14.2. The number of halogens is 1. The van der Waals surface area contributed by atoms with E-state index in [1.165, 1.54) is 12.8 Å². The second kappa shape index (κ2) is 11.4. The summed E-state index contributed by atoms with van der Waals surface area (Å²) < 4.78 is 12.0. The zero-order chi connectivity index (χ0) is 16.4. The van der Waals surface area contributed by atoms with Crippen molar-refractivity contribution in [2.75, 3.05) is 31.7 Å². The molecule has 3 atom stereocenters. The molecule has 0 aliphatic carbocycles. The van der Waals surface area contributed by atoms with E-state index in [9.17, 15) is 4.79 Å². The van der Waals surface area contributed by atoms with Crippen LogP contribution in [0.15, 0.2) is 0 Å². The third-order valence-electron chi connectivity index (χ3n) is 4.10. The van der Waals surface area contributed by atoms with Crippen molar-refractivity contribution in [3.8, 4) is 0 Å². The Kier molecular flexibility index (Phi) is 10.3. The molecule has 0 radical (unpaired) electrons. The van der Waals surface area contributed by atoms with Gasteiger partial charge in [-0.3, -0.25) is 0 Å². The quantitative estimate of drug-likeness (QED) is 0.268. The SMILES string of the molecule is CCCCC[I-]OC(=O)NC1CCN(C(C)NC)CC1OC. The van der Waals surface area contributed by atoms with Crippen molar-refractivity contribution in [3.63, 3.8) is 0 Å². The second-order valence-electron chi connectivity index (χ2n) is 5.64. The molecule has 0 bridgehead atoms. The van der Waals surface area contributed by atoms with E-state index in [4.69, 9.17) is 7.80 Å². The van der Waals surface area contributed by atoms with Gasteiger partial charge in [0.15, 0.2) is 0 Å². The molecular weight excluding hydrogens is 397 g/mol. The van der Waals surface area contributed by atoms with Gasteiger partial charge in [0.1, 0.15) is 0 Å². The van der Waals surface area contributed by atoms with E-state index in [-0.39, 0.29) is 18.2 Å². The van der Waals surface area contributed by atoms with E-state index >= 15 is 0 Å². The Bertz CT molecular complexity index is 320. The van der Waals surface area contributed by atoms with Crippen molar-refractivity contribution < 1.29 is 34.2 Å². The number of alkyl halides is 1. The van der Waals surface area contributed by atoms with E-state index in [0.717, 1.165) is 30.4 Å². The average Bonchev–Trinajstić information content (AvgIpc) is 2.54. The number of piperidine rings is 1. The molecule has 0 spiro atoms. The number of nitrogens with one attached hydrogen (secondary N) is 2. The number of unbranched alkanes of at least 4 members (excludes halogenated alkanes) is 2. The summed E-state index contributed by atoms with van der Waals surface area (Å²) in [6.45, 7) is 6.07. The molecule has 1 fully saturated rings. The predicted molar refractivity (Wildman–Crippen MR) is 83.3 cm³/mol. The van der Waals surface area contributed by atoms with E-state index in [1.54, 1.807) is 7.11 Å². The van der Waals surface area contributed by atoms with E-state index in [1.807, 2.05) is 7.05 Å². The first-order valence-electron chi connectivity index (χ1n) is 8.13. The number of ether oxygens (including phenoxy) is 1. The molecule has 7 heteroatoms. The number of hydrogen-bond acceptors (Lipinski definition) is 5. The first kappa shape index (κ1) is 19.9. The molecule has 2 N–H and O–H groups in total. The molecule has 132 valence electrons. The van der Waals surface area contributed by atoms with Crippen LogP contribution in [-0.2, 0) is 7.80 Å². The molecule has 22 heavy (non-hydrogen) atoms. The Hall–Kier alpha value is -0.120. The summed E-state index contributed by atoms with van der Waals surface area (Å²) >= 11 is -0.472. The van der Waals surface area contributed by atoms with Crippen LogP contribution in [0.5, 0.6) is 0 Å². The molecule has 3 unspecified atom stereocenters. The van der Waals surface area contributed by atoms with Gasteiger partial charge in [0.25, 0.3) is 0 Å². The van der Waals surface area contributed by atoms with E-state index < -0.39 is 21.6 Å². The van der Waals surface area contributed by atoms with Crippen molar-refractivity contribution in [2.45, 2.75) is 57.8 Å². The van der Waals surface area contributed by atoms with Gasteiger partial charge >= 0.3 is 145 Å². The number of rotatable bonds is 9. The van der Waals surface area contributed by atoms with Crippen LogP contribution in [0.3, 0.4) is 0 Å². The van der Waals surface area contributed by atoms with Crippen LogP contribution in [0.25, 0.3) is 0 Å². The van der Waals surface area contributed by atoms with E-state index in [2.05, 4.69) is 29.4 Å². The summed E-state index contributed by atoms with van der Waals surface area (Å²) in [5, 5.41) is 6.22. The predicted octanol–water partition coefficient (Wildman–Crippen LogP) is -1.44. The van der Waals surface area contributed by atoms with Gasteiger partial charge in [0, 0.05) is 0 Å². The van der Waals surface area contributed by atoms with Crippen LogP contribution in [0, 0.1) is 0 Å². The van der Waals surface area contributed by atoms with E-state index in [0.29, 0.717) is 6.17 Å². The zero-order valence-electron chi connectivity index (χ0n) is 14.2. The molecule has 1 rings (SSSR count). The number of carbonyl (C=O) groups is 1. The Morgan fingerprint density at radius 1 is 1.45 bits per heavy atom. The molecule has 6 nitrogen and oxygen atoms in total. The molecule has 0 aromatic heterocycles. The summed E-state index contributed by atoms with van der Waals surface area (Å²) in [7, 11) is 3.66. The van der Waals surface area contributed by atoms with Gasteiger partial charge in [0.2, 0.25) is 0 Å². The Labute approximate surface area is 145 Å². The average molecular weight is 428 g/mol. The minimum atomic E-state index is -0.472. The summed E-state index contributed by atoms with van der Waals surface area (Å²) in [6, 6.07) is 0.0393. The van der Waals surface area contributed by atoms with Crippen LogP contribution in [0.2, 0.25) is 0 Å². The molecule has 0 aromatic rings. The van der Waals surface area contributed by atoms with Gasteiger partial charge in [0.05, 0.1) is 0 Å². The molecule has 1 heterocycles. The molecule has 1 aliphatic rings. The first-order valence-corrected chi connectivity index (χ1v) is 10.5. The topological polar surface area (TPSA) is 62.8 Å². The number of methoxy groups -OCH3 is 1. The Morgan fingerprint density at radius 2 is 2.23 bits per heavy atom. The van der Waals surface area contributed by atoms with Gasteiger partial charge in [-0.1, -0.05) is 0 Å². The number of hydrogen-bond donors (Lipinski definition) is 2. The third-order valence-corrected chi connectivity index (χ3v) is 6.02. The van der Waals surface area contributed by atoms with Gasteiger partial charge < -0.3 is 0 Å². The van der Waals surface area contributed by atoms with Crippen molar-refractivity contribution in [1.82, 2.24) is 15.5 Å². The van der Waals surface area contributed by atoms with Crippen molar-refractivity contribution >= 4 is 6.09 Å². The standard InChI is InChI=1S/C15H31IN3O3/c1-5-6-7-9-16-22-15(20)18-13-8-10-19(12(2)17-3)11-14(13)21-4/h12-14,17H,5-11H2,1-4H3,(H,18,20)/q-1. The van der Waals surface area contributed by atoms with Gasteiger partial charge in [-0.15, -0.1) is 0 Å². The Balaban J connectivity index is 2.30. The van der Waals surface area contributed by atoms with Crippen LogP contribution in [-0.4, -0.2) is 61.0 Å². The number of likely N-dealkylation sites (tertiary alicyclic amines) is 1. The Morgan fingerprint density at radius 3 is 2.86 bits per heavy atom. The normalized spacial score (nSPS) is 24.2. The number of nitrogens with zero attached hydrogens (tertiary/aromatic N) is 1. The molecule has 1 saturated heterocycles. The van der Waals surface area contributed by atoms with Crippen LogP contribution in [0.4, 0.5) is 4.79 Å². The fourth-order valence-electron chi connectivity index (χ4n) is 2.54. The fourth-order valence-corrected chi connectivity index (χ4v) is 4.02. The van der Waals surface area contributed by atoms with Crippen LogP contribution in [0.1, 0.15) is 39.5 Å². The zero-order valence-corrected chi connectivity index (χ0v) is 16.4. The fraction of sp³-hybridized carbons (Fsp3) is 0.933. The van der Waals surface area contributed by atoms with Gasteiger partial charge in [-0.2, -0.15) is 0 Å². The summed E-state index contributed by atoms with van der Waals surface area (Å²) in [5.74, 6) is 0. The number of amides is 1. The second-order valence-corrected chi connectivity index (χ2v) is 7.79. The molecule has 0 aromatic carbocycles. The minimum absolute atomic E-state index is 0.00962. The molecular formula is C15H31IN3O3-. The molecule has 0 saturated carbocycles. The van der Waals surface area contributed by atoms with Crippen molar-refractivity contribution in [2.24, 2.45) is 0 Å². The van der Waals surface area contributed by atoms with Crippen LogP contribution < -0.4 is 32.3 Å². The first-order chi connectivity index (χ1) is 10.6. The maximum absolute atomic E-state index is 11.9. The number of carbonyl (C=O) groups excluding carboxylic acids is 1. The van der Waals surface area contributed by atoms with Crippen LogP contribution >= 0.6 is 0 Å². The molecule has 1 amide bonds. The summed E-state index contributed by atoms with van der Waals surface area (Å²) in [6.07, 6.45) is 4.52.